The summed E-state index contributed by atoms with van der Waals surface area (Å²) in [5.41, 5.74) is 2.25. The highest BCUT2D eigenvalue weighted by Crippen LogP contribution is 2.24. The molecule has 10 heteroatoms. The second-order valence-corrected chi connectivity index (χ2v) is 9.54. The number of nitrogens with zero attached hydrogens (tertiary/aromatic N) is 4. The minimum atomic E-state index is -3.61. The minimum absolute atomic E-state index is 0.202. The van der Waals surface area contributed by atoms with E-state index in [9.17, 15) is 13.2 Å². The van der Waals surface area contributed by atoms with Gasteiger partial charge in [0, 0.05) is 44.4 Å². The van der Waals surface area contributed by atoms with Gasteiger partial charge in [-0.3, -0.25) is 4.79 Å². The summed E-state index contributed by atoms with van der Waals surface area (Å²) < 4.78 is 32.6. The lowest BCUT2D eigenvalue weighted by atomic mass is 10.1. The fourth-order valence-corrected chi connectivity index (χ4v) is 5.05. The lowest BCUT2D eigenvalue weighted by Crippen LogP contribution is -2.49. The third-order valence-electron chi connectivity index (χ3n) is 5.41. The number of hydrogen-bond donors (Lipinski definition) is 1. The van der Waals surface area contributed by atoms with Crippen molar-refractivity contribution in [2.75, 3.05) is 43.5 Å². The maximum absolute atomic E-state index is 13.0. The maximum atomic E-state index is 13.0. The van der Waals surface area contributed by atoms with Crippen LogP contribution in [0.4, 0.5) is 11.5 Å². The normalized spacial score (nSPS) is 14.7. The van der Waals surface area contributed by atoms with Crippen LogP contribution < -0.4 is 15.0 Å². The van der Waals surface area contributed by atoms with Crippen molar-refractivity contribution in [1.29, 1.82) is 0 Å². The second-order valence-electron chi connectivity index (χ2n) is 7.60. The maximum Gasteiger partial charge on any atom is 0.243 e. The Morgan fingerprint density at radius 3 is 2.12 bits per heavy atom. The van der Waals surface area contributed by atoms with Gasteiger partial charge in [0.2, 0.25) is 15.9 Å². The molecule has 172 valence electrons. The molecule has 0 unspecified atom stereocenters. The van der Waals surface area contributed by atoms with Crippen molar-refractivity contribution in [3.05, 3.63) is 60.7 Å². The molecule has 1 amide bonds. The van der Waals surface area contributed by atoms with Crippen LogP contribution in [0.1, 0.15) is 6.92 Å². The van der Waals surface area contributed by atoms with E-state index in [2.05, 4.69) is 15.5 Å². The zero-order valence-electron chi connectivity index (χ0n) is 18.4. The van der Waals surface area contributed by atoms with Crippen LogP contribution in [0.25, 0.3) is 11.3 Å². The molecule has 1 aliphatic rings. The molecule has 2 aromatic carbocycles. The number of piperazine rings is 1. The number of carbonyl (C=O) groups excluding carboxylic acids is 1. The van der Waals surface area contributed by atoms with E-state index in [0.717, 1.165) is 17.0 Å². The number of aromatic nitrogens is 2. The molecule has 9 nitrogen and oxygen atoms in total. The van der Waals surface area contributed by atoms with Gasteiger partial charge < -0.3 is 15.0 Å². The molecule has 0 aliphatic carbocycles. The van der Waals surface area contributed by atoms with E-state index >= 15 is 0 Å². The van der Waals surface area contributed by atoms with E-state index in [1.54, 1.807) is 19.2 Å². The smallest absolute Gasteiger partial charge is 0.243 e. The Morgan fingerprint density at radius 2 is 1.58 bits per heavy atom. The largest absolute Gasteiger partial charge is 0.497 e. The first-order valence-electron chi connectivity index (χ1n) is 10.5. The predicted molar refractivity (Wildman–Crippen MR) is 126 cm³/mol. The van der Waals surface area contributed by atoms with E-state index in [4.69, 9.17) is 4.74 Å². The first kappa shape index (κ1) is 22.7. The SMILES string of the molecule is COc1ccc(-c2ccc(N3CCN(S(=O)(=O)c4ccc(NC(C)=O)cc4)CC3)nn2)cc1. The Morgan fingerprint density at radius 1 is 0.909 bits per heavy atom. The van der Waals surface area contributed by atoms with Crippen LogP contribution in [0.5, 0.6) is 5.75 Å². The van der Waals surface area contributed by atoms with E-state index in [1.165, 1.54) is 23.4 Å². The van der Waals surface area contributed by atoms with Crippen LogP contribution >= 0.6 is 0 Å². The number of anilines is 2. The molecule has 1 aromatic heterocycles. The van der Waals surface area contributed by atoms with Crippen molar-refractivity contribution >= 4 is 27.4 Å². The quantitative estimate of drug-likeness (QED) is 0.594. The predicted octanol–water partition coefficient (Wildman–Crippen LogP) is 2.62. The number of ether oxygens (including phenoxy) is 1. The highest BCUT2D eigenvalue weighted by Gasteiger charge is 2.29. The summed E-state index contributed by atoms with van der Waals surface area (Å²) in [5.74, 6) is 1.28. The molecule has 0 saturated carbocycles. The summed E-state index contributed by atoms with van der Waals surface area (Å²) in [6.07, 6.45) is 0. The van der Waals surface area contributed by atoms with Crippen LogP contribution in [-0.2, 0) is 14.8 Å². The van der Waals surface area contributed by atoms with E-state index in [-0.39, 0.29) is 10.8 Å². The molecule has 2 heterocycles. The average molecular weight is 468 g/mol. The standard InChI is InChI=1S/C23H25N5O4S/c1-17(29)24-19-5-9-21(10-6-19)33(30,31)28-15-13-27(14-16-28)23-12-11-22(25-26-23)18-3-7-20(32-2)8-4-18/h3-12H,13-16H2,1-2H3,(H,24,29). The van der Waals surface area contributed by atoms with Crippen molar-refractivity contribution in [3.8, 4) is 17.0 Å². The summed E-state index contributed by atoms with van der Waals surface area (Å²) in [5, 5.41) is 11.3. The fourth-order valence-electron chi connectivity index (χ4n) is 3.63. The molecular weight excluding hydrogens is 442 g/mol. The zero-order valence-corrected chi connectivity index (χ0v) is 19.2. The van der Waals surface area contributed by atoms with Crippen LogP contribution in [-0.4, -0.2) is 62.1 Å². The zero-order chi connectivity index (χ0) is 23.4. The van der Waals surface area contributed by atoms with Gasteiger partial charge in [-0.05, 0) is 60.7 Å². The molecule has 3 aromatic rings. The Hall–Kier alpha value is -3.50. The van der Waals surface area contributed by atoms with Gasteiger partial charge in [-0.2, -0.15) is 4.31 Å². The lowest BCUT2D eigenvalue weighted by Gasteiger charge is -2.34. The van der Waals surface area contributed by atoms with Crippen molar-refractivity contribution in [1.82, 2.24) is 14.5 Å². The van der Waals surface area contributed by atoms with Gasteiger partial charge in [0.25, 0.3) is 0 Å². The van der Waals surface area contributed by atoms with Gasteiger partial charge in [-0.1, -0.05) is 0 Å². The van der Waals surface area contributed by atoms with Gasteiger partial charge in [-0.15, -0.1) is 10.2 Å². The topological polar surface area (TPSA) is 105 Å². The number of rotatable bonds is 6. The summed E-state index contributed by atoms with van der Waals surface area (Å²) in [6.45, 7) is 3.12. The van der Waals surface area contributed by atoms with E-state index in [0.29, 0.717) is 37.7 Å². The van der Waals surface area contributed by atoms with E-state index in [1.807, 2.05) is 41.3 Å². The van der Waals surface area contributed by atoms with Crippen molar-refractivity contribution < 1.29 is 17.9 Å². The summed E-state index contributed by atoms with van der Waals surface area (Å²) >= 11 is 0. The first-order chi connectivity index (χ1) is 15.9. The van der Waals surface area contributed by atoms with Crippen molar-refractivity contribution in [2.24, 2.45) is 0 Å². The average Bonchev–Trinajstić information content (AvgIpc) is 2.84. The molecule has 33 heavy (non-hydrogen) atoms. The summed E-state index contributed by atoms with van der Waals surface area (Å²) in [4.78, 5) is 13.4. The summed E-state index contributed by atoms with van der Waals surface area (Å²) in [6, 6.07) is 17.6. The number of sulfonamides is 1. The van der Waals surface area contributed by atoms with Crippen molar-refractivity contribution in [3.63, 3.8) is 0 Å². The first-order valence-corrected chi connectivity index (χ1v) is 11.9. The lowest BCUT2D eigenvalue weighted by molar-refractivity contribution is -0.114. The molecule has 0 bridgehead atoms. The van der Waals surface area contributed by atoms with Gasteiger partial charge in [0.05, 0.1) is 17.7 Å². The van der Waals surface area contributed by atoms with Crippen LogP contribution in [0, 0.1) is 0 Å². The van der Waals surface area contributed by atoms with Gasteiger partial charge >= 0.3 is 0 Å². The number of hydrogen-bond acceptors (Lipinski definition) is 7. The highest BCUT2D eigenvalue weighted by molar-refractivity contribution is 7.89. The molecule has 1 fully saturated rings. The molecule has 1 saturated heterocycles. The number of nitrogens with one attached hydrogen (secondary N) is 1. The van der Waals surface area contributed by atoms with Crippen LogP contribution in [0.3, 0.4) is 0 Å². The molecule has 0 atom stereocenters. The third-order valence-corrected chi connectivity index (χ3v) is 7.32. The van der Waals surface area contributed by atoms with Gasteiger partial charge in [0.15, 0.2) is 5.82 Å². The Bertz CT molecular complexity index is 1210. The molecular formula is C23H25N5O4S. The molecule has 4 rings (SSSR count). The Labute approximate surface area is 193 Å². The third kappa shape index (κ3) is 5.12. The molecule has 0 radical (unpaired) electrons. The Balaban J connectivity index is 1.39. The number of methoxy groups -OCH3 is 1. The monoisotopic (exact) mass is 467 g/mol. The summed E-state index contributed by atoms with van der Waals surface area (Å²) in [7, 11) is -1.99. The second kappa shape index (κ2) is 9.55. The fraction of sp³-hybridized carbons (Fsp3) is 0.261. The molecule has 0 spiro atoms. The Kier molecular flexibility index (Phi) is 6.57. The number of carbonyl (C=O) groups is 1. The minimum Gasteiger partial charge on any atom is -0.497 e. The highest BCUT2D eigenvalue weighted by atomic mass is 32.2. The van der Waals surface area contributed by atoms with Gasteiger partial charge in [-0.25, -0.2) is 8.42 Å². The molecule has 1 N–H and O–H groups in total. The number of benzene rings is 2. The van der Waals surface area contributed by atoms with Crippen LogP contribution in [0.15, 0.2) is 65.6 Å². The van der Waals surface area contributed by atoms with Crippen molar-refractivity contribution in [2.45, 2.75) is 11.8 Å². The van der Waals surface area contributed by atoms with Crippen LogP contribution in [0.2, 0.25) is 0 Å². The van der Waals surface area contributed by atoms with E-state index < -0.39 is 10.0 Å². The number of amides is 1. The molecule has 1 aliphatic heterocycles. The van der Waals surface area contributed by atoms with Gasteiger partial charge in [0.1, 0.15) is 5.75 Å².